The van der Waals surface area contributed by atoms with E-state index < -0.39 is 0 Å². The first-order chi connectivity index (χ1) is 16.8. The highest BCUT2D eigenvalue weighted by atomic mass is 32.2. The first kappa shape index (κ1) is 24.7. The van der Waals surface area contributed by atoms with Crippen LogP contribution in [0.2, 0.25) is 0 Å². The van der Waals surface area contributed by atoms with Crippen molar-refractivity contribution in [3.05, 3.63) is 75.4 Å². The van der Waals surface area contributed by atoms with E-state index in [1.54, 1.807) is 29.1 Å². The van der Waals surface area contributed by atoms with Crippen LogP contribution in [0.25, 0.3) is 17.1 Å². The number of amides is 1. The Morgan fingerprint density at radius 1 is 1.26 bits per heavy atom. The van der Waals surface area contributed by atoms with Crippen molar-refractivity contribution in [3.63, 3.8) is 0 Å². The van der Waals surface area contributed by atoms with E-state index in [1.165, 1.54) is 21.3 Å². The molecule has 3 aromatic heterocycles. The maximum atomic E-state index is 13.1. The molecule has 1 N–H and O–H groups in total. The SMILES string of the molecule is C=CCn1c(SCC(=O)Nc2c(C)n(C)n(-c3ccccc3)c2=O)nnc1-c1csc(C(C)C)c1. The fourth-order valence-electron chi connectivity index (χ4n) is 3.69. The van der Waals surface area contributed by atoms with Crippen molar-refractivity contribution in [1.82, 2.24) is 24.1 Å². The van der Waals surface area contributed by atoms with Crippen molar-refractivity contribution in [2.24, 2.45) is 7.05 Å². The van der Waals surface area contributed by atoms with Gasteiger partial charge in [0.2, 0.25) is 5.91 Å². The second kappa shape index (κ2) is 10.5. The number of benzene rings is 1. The van der Waals surface area contributed by atoms with Crippen LogP contribution in [0.15, 0.2) is 64.4 Å². The van der Waals surface area contributed by atoms with Gasteiger partial charge in [-0.25, -0.2) is 4.68 Å². The van der Waals surface area contributed by atoms with Gasteiger partial charge in [0, 0.05) is 29.4 Å². The summed E-state index contributed by atoms with van der Waals surface area (Å²) in [6.07, 6.45) is 1.78. The Morgan fingerprint density at radius 3 is 2.66 bits per heavy atom. The van der Waals surface area contributed by atoms with Gasteiger partial charge in [-0.3, -0.25) is 18.8 Å². The summed E-state index contributed by atoms with van der Waals surface area (Å²) >= 11 is 2.98. The molecule has 8 nitrogen and oxygen atoms in total. The number of nitrogens with one attached hydrogen (secondary N) is 1. The van der Waals surface area contributed by atoms with Gasteiger partial charge in [0.25, 0.3) is 5.56 Å². The van der Waals surface area contributed by atoms with Crippen LogP contribution in [0.5, 0.6) is 0 Å². The third-order valence-electron chi connectivity index (χ3n) is 5.63. The zero-order valence-corrected chi connectivity index (χ0v) is 21.8. The summed E-state index contributed by atoms with van der Waals surface area (Å²) in [6.45, 7) is 10.5. The van der Waals surface area contributed by atoms with Crippen molar-refractivity contribution in [3.8, 4) is 17.1 Å². The number of thiophene rings is 1. The van der Waals surface area contributed by atoms with Crippen LogP contribution in [0.3, 0.4) is 0 Å². The van der Waals surface area contributed by atoms with Crippen LogP contribution in [-0.2, 0) is 18.4 Å². The molecule has 0 aliphatic rings. The predicted octanol–water partition coefficient (Wildman–Crippen LogP) is 4.84. The lowest BCUT2D eigenvalue weighted by Gasteiger charge is -2.07. The standard InChI is InChI=1S/C25H28N6O2S2/c1-6-12-30-23(18-13-20(16(2)3)34-14-18)27-28-25(30)35-15-21(32)26-22-17(4)29(5)31(24(22)33)19-10-8-7-9-11-19/h6-11,13-14,16H,1,12,15H2,2-5H3,(H,26,32). The lowest BCUT2D eigenvalue weighted by molar-refractivity contribution is -0.113. The molecule has 4 rings (SSSR count). The number of nitrogens with zero attached hydrogens (tertiary/aromatic N) is 5. The molecular formula is C25H28N6O2S2. The Hall–Kier alpha value is -3.37. The Morgan fingerprint density at radius 2 is 2.00 bits per heavy atom. The number of hydrogen-bond acceptors (Lipinski definition) is 6. The van der Waals surface area contributed by atoms with E-state index in [1.807, 2.05) is 41.8 Å². The third-order valence-corrected chi connectivity index (χ3v) is 7.83. The molecule has 1 aromatic carbocycles. The van der Waals surface area contributed by atoms with Gasteiger partial charge in [-0.1, -0.05) is 49.9 Å². The van der Waals surface area contributed by atoms with Crippen LogP contribution >= 0.6 is 23.1 Å². The first-order valence-electron chi connectivity index (χ1n) is 11.2. The Kier molecular flexibility index (Phi) is 7.42. The monoisotopic (exact) mass is 508 g/mol. The number of carbonyl (C=O) groups excluding carboxylic acids is 1. The van der Waals surface area contributed by atoms with E-state index in [4.69, 9.17) is 0 Å². The Labute approximate surface area is 212 Å². The van der Waals surface area contributed by atoms with Gasteiger partial charge >= 0.3 is 0 Å². The van der Waals surface area contributed by atoms with E-state index >= 15 is 0 Å². The fraction of sp³-hybridized carbons (Fsp3) is 0.280. The minimum Gasteiger partial charge on any atom is -0.319 e. The second-order valence-corrected chi connectivity index (χ2v) is 10.3. The van der Waals surface area contributed by atoms with Crippen LogP contribution in [0.1, 0.15) is 30.3 Å². The van der Waals surface area contributed by atoms with Crippen LogP contribution in [0.4, 0.5) is 5.69 Å². The van der Waals surface area contributed by atoms with Crippen LogP contribution in [0, 0.1) is 6.92 Å². The molecule has 10 heteroatoms. The molecule has 0 aliphatic heterocycles. The van der Waals surface area contributed by atoms with Crippen molar-refractivity contribution < 1.29 is 4.79 Å². The summed E-state index contributed by atoms with van der Waals surface area (Å²) in [4.78, 5) is 27.1. The number of allylic oxidation sites excluding steroid dienone is 1. The smallest absolute Gasteiger partial charge is 0.295 e. The van der Waals surface area contributed by atoms with Gasteiger partial charge in [-0.05, 0) is 31.0 Å². The number of para-hydroxylation sites is 1. The van der Waals surface area contributed by atoms with Crippen molar-refractivity contribution >= 4 is 34.7 Å². The van der Waals surface area contributed by atoms with Gasteiger partial charge < -0.3 is 5.32 Å². The van der Waals surface area contributed by atoms with Gasteiger partial charge in [-0.2, -0.15) is 0 Å². The lowest BCUT2D eigenvalue weighted by Crippen LogP contribution is -2.23. The van der Waals surface area contributed by atoms with Gasteiger partial charge in [0.05, 0.1) is 17.1 Å². The molecule has 4 aromatic rings. The number of rotatable bonds is 9. The molecule has 1 amide bonds. The van der Waals surface area contributed by atoms with Crippen LogP contribution in [-0.4, -0.2) is 35.8 Å². The van der Waals surface area contributed by atoms with E-state index in [9.17, 15) is 9.59 Å². The number of anilines is 1. The summed E-state index contributed by atoms with van der Waals surface area (Å²) in [7, 11) is 1.79. The molecule has 182 valence electrons. The van der Waals surface area contributed by atoms with E-state index in [0.29, 0.717) is 23.3 Å². The Bertz CT molecular complexity index is 1410. The third kappa shape index (κ3) is 5.03. The molecule has 0 bridgehead atoms. The molecule has 0 aliphatic carbocycles. The van der Waals surface area contributed by atoms with Gasteiger partial charge in [0.15, 0.2) is 11.0 Å². The quantitative estimate of drug-likeness (QED) is 0.258. The minimum atomic E-state index is -0.284. The Balaban J connectivity index is 1.51. The van der Waals surface area contributed by atoms with E-state index in [2.05, 4.69) is 47.4 Å². The van der Waals surface area contributed by atoms with Crippen LogP contribution < -0.4 is 10.9 Å². The normalized spacial score (nSPS) is 11.2. The van der Waals surface area contributed by atoms with Gasteiger partial charge in [-0.15, -0.1) is 28.1 Å². The topological polar surface area (TPSA) is 86.7 Å². The highest BCUT2D eigenvalue weighted by Crippen LogP contribution is 2.31. The summed E-state index contributed by atoms with van der Waals surface area (Å²) in [5, 5.41) is 14.2. The maximum absolute atomic E-state index is 13.1. The summed E-state index contributed by atoms with van der Waals surface area (Å²) < 4.78 is 5.23. The minimum absolute atomic E-state index is 0.0925. The highest BCUT2D eigenvalue weighted by Gasteiger charge is 2.20. The van der Waals surface area contributed by atoms with Crippen molar-refractivity contribution in [1.29, 1.82) is 0 Å². The molecule has 0 radical (unpaired) electrons. The molecule has 0 unspecified atom stereocenters. The zero-order chi connectivity index (χ0) is 25.1. The maximum Gasteiger partial charge on any atom is 0.295 e. The molecule has 0 saturated carbocycles. The summed E-state index contributed by atoms with van der Waals surface area (Å²) in [6, 6.07) is 11.5. The summed E-state index contributed by atoms with van der Waals surface area (Å²) in [5.41, 5.74) is 2.41. The highest BCUT2D eigenvalue weighted by molar-refractivity contribution is 7.99. The second-order valence-electron chi connectivity index (χ2n) is 8.37. The lowest BCUT2D eigenvalue weighted by atomic mass is 10.1. The molecule has 0 atom stereocenters. The predicted molar refractivity (Wildman–Crippen MR) is 143 cm³/mol. The molecular weight excluding hydrogens is 480 g/mol. The zero-order valence-electron chi connectivity index (χ0n) is 20.2. The molecule has 0 saturated heterocycles. The first-order valence-corrected chi connectivity index (χ1v) is 13.1. The van der Waals surface area contributed by atoms with E-state index in [-0.39, 0.29) is 22.9 Å². The largest absolute Gasteiger partial charge is 0.319 e. The van der Waals surface area contributed by atoms with Crippen molar-refractivity contribution in [2.45, 2.75) is 38.4 Å². The van der Waals surface area contributed by atoms with E-state index in [0.717, 1.165) is 17.1 Å². The number of thioether (sulfide) groups is 1. The van der Waals surface area contributed by atoms with Gasteiger partial charge in [0.1, 0.15) is 5.69 Å². The molecule has 35 heavy (non-hydrogen) atoms. The molecule has 0 fully saturated rings. The molecule has 3 heterocycles. The fourth-order valence-corrected chi connectivity index (χ4v) is 5.34. The van der Waals surface area contributed by atoms with Crippen molar-refractivity contribution in [2.75, 3.05) is 11.1 Å². The summed E-state index contributed by atoms with van der Waals surface area (Å²) in [5.74, 6) is 0.999. The number of carbonyl (C=O) groups is 1. The number of aromatic nitrogens is 5. The average Bonchev–Trinajstić information content (AvgIpc) is 3.53. The number of hydrogen-bond donors (Lipinski definition) is 1. The molecule has 0 spiro atoms. The average molecular weight is 509 g/mol.